The van der Waals surface area contributed by atoms with Crippen molar-refractivity contribution >= 4 is 23.5 Å². The van der Waals surface area contributed by atoms with Crippen LogP contribution in [0.25, 0.3) is 0 Å². The number of benzene rings is 2. The summed E-state index contributed by atoms with van der Waals surface area (Å²) in [4.78, 5) is 50.3. The van der Waals surface area contributed by atoms with Gasteiger partial charge < -0.3 is 19.7 Å². The van der Waals surface area contributed by atoms with Crippen molar-refractivity contribution in [1.29, 1.82) is 0 Å². The van der Waals surface area contributed by atoms with Gasteiger partial charge in [-0.05, 0) is 0 Å². The van der Waals surface area contributed by atoms with E-state index < -0.39 is 41.0 Å². The van der Waals surface area contributed by atoms with Crippen LogP contribution in [0.2, 0.25) is 0 Å². The Balaban J connectivity index is 2.11. The monoisotopic (exact) mass is 434 g/mol. The van der Waals surface area contributed by atoms with E-state index in [0.717, 1.165) is 13.8 Å². The van der Waals surface area contributed by atoms with Crippen molar-refractivity contribution in [2.24, 2.45) is 0 Å². The van der Waals surface area contributed by atoms with Gasteiger partial charge in [-0.2, -0.15) is 0 Å². The second kappa shape index (κ2) is 7.32. The van der Waals surface area contributed by atoms with Crippen LogP contribution < -0.4 is 4.74 Å². The third-order valence-electron chi connectivity index (χ3n) is 5.58. The van der Waals surface area contributed by atoms with E-state index in [1.54, 1.807) is 12.1 Å². The molecule has 2 atom stereocenters. The Labute approximate surface area is 182 Å². The van der Waals surface area contributed by atoms with Crippen LogP contribution in [-0.2, 0) is 20.7 Å². The summed E-state index contributed by atoms with van der Waals surface area (Å²) in [6.45, 7) is 2.24. The van der Waals surface area contributed by atoms with Crippen LogP contribution in [0.1, 0.15) is 69.3 Å². The quantitative estimate of drug-likeness (QED) is 0.356. The molecule has 0 aliphatic heterocycles. The standard InChI is InChI=1S/C24H18O8/c1-4-24(30)9-15-17(16(10-24)31-11(2)25)22(29)18-19(23(15)32-12(3)26)21(28)14-8-6-5-7-13(14)20(18)27/h1,5-8,16,29-30H,9-10H2,2-3H3. The maximum atomic E-state index is 13.3. The average molecular weight is 434 g/mol. The molecule has 2 aliphatic carbocycles. The number of carbonyl (C=O) groups is 4. The minimum atomic E-state index is -1.82. The Hall–Kier alpha value is -3.96. The van der Waals surface area contributed by atoms with Crippen molar-refractivity contribution in [3.63, 3.8) is 0 Å². The predicted molar refractivity (Wildman–Crippen MR) is 109 cm³/mol. The number of fused-ring (bicyclic) bond motifs is 3. The zero-order valence-corrected chi connectivity index (χ0v) is 17.2. The number of esters is 2. The summed E-state index contributed by atoms with van der Waals surface area (Å²) >= 11 is 0. The topological polar surface area (TPSA) is 127 Å². The molecule has 2 aromatic carbocycles. The van der Waals surface area contributed by atoms with Crippen molar-refractivity contribution < 1.29 is 38.9 Å². The molecule has 0 bridgehead atoms. The van der Waals surface area contributed by atoms with Gasteiger partial charge in [0.1, 0.15) is 23.2 Å². The van der Waals surface area contributed by atoms with E-state index in [-0.39, 0.29) is 52.0 Å². The first-order valence-corrected chi connectivity index (χ1v) is 9.74. The molecule has 0 heterocycles. The predicted octanol–water partition coefficient (Wildman–Crippen LogP) is 2.01. The third-order valence-corrected chi connectivity index (χ3v) is 5.58. The zero-order chi connectivity index (χ0) is 23.4. The summed E-state index contributed by atoms with van der Waals surface area (Å²) in [6.07, 6.45) is 3.69. The highest BCUT2D eigenvalue weighted by Crippen LogP contribution is 2.51. The smallest absolute Gasteiger partial charge is 0.308 e. The van der Waals surface area contributed by atoms with Gasteiger partial charge in [-0.3, -0.25) is 19.2 Å². The lowest BCUT2D eigenvalue weighted by molar-refractivity contribution is -0.150. The molecular weight excluding hydrogens is 416 g/mol. The molecule has 0 spiro atoms. The lowest BCUT2D eigenvalue weighted by atomic mass is 9.73. The van der Waals surface area contributed by atoms with E-state index in [2.05, 4.69) is 5.92 Å². The number of ether oxygens (including phenoxy) is 2. The summed E-state index contributed by atoms with van der Waals surface area (Å²) in [7, 11) is 0. The summed E-state index contributed by atoms with van der Waals surface area (Å²) in [6, 6.07) is 6.05. The molecule has 8 nitrogen and oxygen atoms in total. The number of carbonyl (C=O) groups excluding carboxylic acids is 4. The van der Waals surface area contributed by atoms with Crippen molar-refractivity contribution in [3.05, 3.63) is 57.6 Å². The maximum Gasteiger partial charge on any atom is 0.308 e. The molecule has 2 aromatic rings. The minimum absolute atomic E-state index is 0.0231. The molecule has 0 saturated heterocycles. The fourth-order valence-corrected chi connectivity index (χ4v) is 4.33. The molecular formula is C24H18O8. The Bertz CT molecular complexity index is 1270. The van der Waals surface area contributed by atoms with Crippen LogP contribution in [0.5, 0.6) is 11.5 Å². The zero-order valence-electron chi connectivity index (χ0n) is 17.2. The summed E-state index contributed by atoms with van der Waals surface area (Å²) in [5, 5.41) is 22.0. The molecule has 8 heteroatoms. The Kier molecular flexibility index (Phi) is 4.87. The van der Waals surface area contributed by atoms with Gasteiger partial charge in [0.05, 0.1) is 11.1 Å². The fourth-order valence-electron chi connectivity index (χ4n) is 4.33. The number of terminal acetylenes is 1. The molecule has 162 valence electrons. The van der Waals surface area contributed by atoms with Gasteiger partial charge in [0, 0.05) is 48.9 Å². The molecule has 2 aliphatic rings. The van der Waals surface area contributed by atoms with E-state index >= 15 is 0 Å². The van der Waals surface area contributed by atoms with Gasteiger partial charge in [0.25, 0.3) is 0 Å². The second-order valence-corrected chi connectivity index (χ2v) is 7.77. The van der Waals surface area contributed by atoms with Crippen LogP contribution in [-0.4, -0.2) is 39.3 Å². The second-order valence-electron chi connectivity index (χ2n) is 7.77. The first-order valence-electron chi connectivity index (χ1n) is 9.74. The van der Waals surface area contributed by atoms with E-state index in [1.807, 2.05) is 0 Å². The number of hydrogen-bond donors (Lipinski definition) is 2. The molecule has 0 amide bonds. The normalized spacial score (nSPS) is 21.0. The van der Waals surface area contributed by atoms with Gasteiger partial charge in [-0.25, -0.2) is 0 Å². The van der Waals surface area contributed by atoms with Crippen molar-refractivity contribution in [1.82, 2.24) is 0 Å². The average Bonchev–Trinajstić information content (AvgIpc) is 2.73. The lowest BCUT2D eigenvalue weighted by Gasteiger charge is -2.37. The highest BCUT2D eigenvalue weighted by atomic mass is 16.5. The number of phenolic OH excluding ortho intramolecular Hbond substituents is 1. The van der Waals surface area contributed by atoms with Gasteiger partial charge in [0.2, 0.25) is 0 Å². The molecule has 0 aromatic heterocycles. The number of aromatic hydroxyl groups is 1. The first kappa shape index (κ1) is 21.3. The van der Waals surface area contributed by atoms with Crippen LogP contribution in [0.4, 0.5) is 0 Å². The van der Waals surface area contributed by atoms with Gasteiger partial charge >= 0.3 is 11.9 Å². The van der Waals surface area contributed by atoms with E-state index in [4.69, 9.17) is 15.9 Å². The third kappa shape index (κ3) is 3.15. The number of hydrogen-bond acceptors (Lipinski definition) is 8. The van der Waals surface area contributed by atoms with Crippen molar-refractivity contribution in [2.45, 2.75) is 38.4 Å². The maximum absolute atomic E-state index is 13.3. The molecule has 2 unspecified atom stereocenters. The highest BCUT2D eigenvalue weighted by molar-refractivity contribution is 6.30. The molecule has 32 heavy (non-hydrogen) atoms. The van der Waals surface area contributed by atoms with E-state index in [0.29, 0.717) is 0 Å². The molecule has 4 rings (SSSR count). The van der Waals surface area contributed by atoms with Crippen LogP contribution in [0, 0.1) is 12.3 Å². The molecule has 2 N–H and O–H groups in total. The van der Waals surface area contributed by atoms with Crippen LogP contribution >= 0.6 is 0 Å². The fraction of sp³-hybridized carbons (Fsp3) is 0.250. The number of phenols is 1. The number of rotatable bonds is 2. The van der Waals surface area contributed by atoms with Gasteiger partial charge in [-0.15, -0.1) is 6.42 Å². The van der Waals surface area contributed by atoms with E-state index in [9.17, 15) is 29.4 Å². The lowest BCUT2D eigenvalue weighted by Crippen LogP contribution is -2.38. The van der Waals surface area contributed by atoms with Gasteiger partial charge in [-0.1, -0.05) is 30.2 Å². The largest absolute Gasteiger partial charge is 0.507 e. The number of ketones is 2. The number of aliphatic hydroxyl groups is 1. The minimum Gasteiger partial charge on any atom is -0.507 e. The summed E-state index contributed by atoms with van der Waals surface area (Å²) in [5.74, 6) is -1.44. The SMILES string of the molecule is C#CC1(O)Cc2c(OC(C)=O)c3c(c(O)c2C(OC(C)=O)C1)C(=O)c1ccccc1C3=O. The first-order chi connectivity index (χ1) is 15.1. The molecule has 0 fully saturated rings. The van der Waals surface area contributed by atoms with Crippen LogP contribution in [0.3, 0.4) is 0 Å². The Morgan fingerprint density at radius 2 is 1.69 bits per heavy atom. The summed E-state index contributed by atoms with van der Waals surface area (Å²) < 4.78 is 10.6. The van der Waals surface area contributed by atoms with Crippen LogP contribution in [0.15, 0.2) is 24.3 Å². The Morgan fingerprint density at radius 1 is 1.09 bits per heavy atom. The van der Waals surface area contributed by atoms with Gasteiger partial charge in [0.15, 0.2) is 11.6 Å². The Morgan fingerprint density at radius 3 is 2.22 bits per heavy atom. The highest BCUT2D eigenvalue weighted by Gasteiger charge is 2.46. The van der Waals surface area contributed by atoms with Crippen molar-refractivity contribution in [3.8, 4) is 23.8 Å². The van der Waals surface area contributed by atoms with E-state index in [1.165, 1.54) is 12.1 Å². The molecule has 0 radical (unpaired) electrons. The molecule has 0 saturated carbocycles. The summed E-state index contributed by atoms with van der Waals surface area (Å²) in [5.41, 5.74) is -2.32. The van der Waals surface area contributed by atoms with Crippen molar-refractivity contribution in [2.75, 3.05) is 0 Å².